The quantitative estimate of drug-likeness (QED) is 0.786. The molecule has 0 radical (unpaired) electrons. The second-order valence-corrected chi connectivity index (χ2v) is 6.79. The molecule has 23 heavy (non-hydrogen) atoms. The second-order valence-electron chi connectivity index (χ2n) is 5.76. The van der Waals surface area contributed by atoms with E-state index in [1.165, 1.54) is 10.4 Å². The first kappa shape index (κ1) is 14.2. The number of thiophene rings is 1. The average Bonchev–Trinajstić information content (AvgIpc) is 3.20. The first-order valence-electron chi connectivity index (χ1n) is 7.67. The van der Waals surface area contributed by atoms with Gasteiger partial charge in [0.1, 0.15) is 0 Å². The summed E-state index contributed by atoms with van der Waals surface area (Å²) in [6.45, 7) is 0. The highest BCUT2D eigenvalue weighted by Crippen LogP contribution is 2.29. The number of hydrogen-bond acceptors (Lipinski definition) is 3. The minimum atomic E-state index is 0.0694. The van der Waals surface area contributed by atoms with Crippen LogP contribution in [0.2, 0.25) is 0 Å². The molecule has 0 spiro atoms. The Morgan fingerprint density at radius 1 is 1.09 bits per heavy atom. The molecule has 0 saturated carbocycles. The van der Waals surface area contributed by atoms with Gasteiger partial charge in [-0.1, -0.05) is 18.2 Å². The number of rotatable bonds is 4. The van der Waals surface area contributed by atoms with Gasteiger partial charge in [0.05, 0.1) is 6.42 Å². The van der Waals surface area contributed by atoms with Crippen molar-refractivity contribution in [3.8, 4) is 11.1 Å². The van der Waals surface area contributed by atoms with E-state index in [4.69, 9.17) is 0 Å². The van der Waals surface area contributed by atoms with Crippen LogP contribution in [0.5, 0.6) is 0 Å². The van der Waals surface area contributed by atoms with Gasteiger partial charge in [0, 0.05) is 28.5 Å². The van der Waals surface area contributed by atoms with Crippen molar-refractivity contribution in [3.05, 3.63) is 70.2 Å². The number of carbonyl (C=O) groups excluding carboxylic acids is 1. The lowest BCUT2D eigenvalue weighted by Gasteiger charge is -2.07. The Morgan fingerprint density at radius 2 is 2.04 bits per heavy atom. The van der Waals surface area contributed by atoms with Crippen molar-refractivity contribution >= 4 is 22.9 Å². The third kappa shape index (κ3) is 3.03. The monoisotopic (exact) mass is 320 g/mol. The van der Waals surface area contributed by atoms with Gasteiger partial charge in [-0.05, 0) is 53.1 Å². The Kier molecular flexibility index (Phi) is 3.67. The molecule has 1 aliphatic heterocycles. The Hall–Kier alpha value is -2.46. The predicted molar refractivity (Wildman–Crippen MR) is 93.7 cm³/mol. The van der Waals surface area contributed by atoms with Crippen molar-refractivity contribution in [2.24, 2.45) is 0 Å². The molecule has 114 valence electrons. The van der Waals surface area contributed by atoms with Crippen molar-refractivity contribution in [1.82, 2.24) is 4.98 Å². The fourth-order valence-corrected chi connectivity index (χ4v) is 3.61. The third-order valence-corrected chi connectivity index (χ3v) is 5.04. The molecule has 3 aromatic rings. The molecule has 4 rings (SSSR count). The van der Waals surface area contributed by atoms with Gasteiger partial charge in [0.25, 0.3) is 0 Å². The number of carbonyl (C=O) groups is 1. The lowest BCUT2D eigenvalue weighted by atomic mass is 10.0. The highest BCUT2D eigenvalue weighted by atomic mass is 32.1. The lowest BCUT2D eigenvalue weighted by Crippen LogP contribution is -2.03. The van der Waals surface area contributed by atoms with Gasteiger partial charge in [-0.3, -0.25) is 9.78 Å². The summed E-state index contributed by atoms with van der Waals surface area (Å²) in [7, 11) is 0. The zero-order chi connectivity index (χ0) is 15.6. The van der Waals surface area contributed by atoms with Gasteiger partial charge in [-0.15, -0.1) is 11.3 Å². The number of aryl methyl sites for hydroxylation is 2. The summed E-state index contributed by atoms with van der Waals surface area (Å²) < 4.78 is 0. The van der Waals surface area contributed by atoms with Crippen LogP contribution in [-0.4, -0.2) is 10.9 Å². The van der Waals surface area contributed by atoms with Crippen molar-refractivity contribution in [3.63, 3.8) is 0 Å². The molecule has 1 N–H and O–H groups in total. The maximum atomic E-state index is 11.5. The number of pyridine rings is 1. The summed E-state index contributed by atoms with van der Waals surface area (Å²) in [5, 5.41) is 5.02. The molecule has 0 fully saturated rings. The average molecular weight is 320 g/mol. The standard InChI is InChI=1S/C19H16N2OS/c22-19-10-15-5-4-14(9-18(15)21-19)16-8-13(11-20-12-16)3-6-17-2-1-7-23-17/h1-2,4-5,7-9,11-12H,3,6,10H2,(H,21,22). The number of nitrogens with one attached hydrogen (secondary N) is 1. The van der Waals surface area contributed by atoms with Gasteiger partial charge in [0.15, 0.2) is 0 Å². The van der Waals surface area contributed by atoms with Crippen LogP contribution in [0.15, 0.2) is 54.2 Å². The number of aromatic nitrogens is 1. The smallest absolute Gasteiger partial charge is 0.228 e. The molecule has 0 unspecified atom stereocenters. The molecule has 2 aromatic heterocycles. The molecule has 0 bridgehead atoms. The molecule has 1 aromatic carbocycles. The molecule has 4 heteroatoms. The number of amides is 1. The Morgan fingerprint density at radius 3 is 2.91 bits per heavy atom. The van der Waals surface area contributed by atoms with Crippen LogP contribution in [0.1, 0.15) is 16.0 Å². The minimum absolute atomic E-state index is 0.0694. The first-order chi connectivity index (χ1) is 11.3. The van der Waals surface area contributed by atoms with Gasteiger partial charge in [0.2, 0.25) is 5.91 Å². The van der Waals surface area contributed by atoms with Crippen LogP contribution >= 0.6 is 11.3 Å². The number of anilines is 1. The minimum Gasteiger partial charge on any atom is -0.326 e. The summed E-state index contributed by atoms with van der Waals surface area (Å²) in [4.78, 5) is 17.3. The highest BCUT2D eigenvalue weighted by molar-refractivity contribution is 7.09. The molecule has 0 saturated heterocycles. The molecule has 1 aliphatic rings. The topological polar surface area (TPSA) is 42.0 Å². The molecule has 3 heterocycles. The SMILES string of the molecule is O=C1Cc2ccc(-c3cncc(CCc4cccs4)c3)cc2N1. The van der Waals surface area contributed by atoms with E-state index in [2.05, 4.69) is 39.9 Å². The summed E-state index contributed by atoms with van der Waals surface area (Å²) in [6.07, 6.45) is 6.33. The molecule has 1 amide bonds. The molecular weight excluding hydrogens is 304 g/mol. The maximum absolute atomic E-state index is 11.5. The van der Waals surface area contributed by atoms with Crippen molar-refractivity contribution in [2.45, 2.75) is 19.3 Å². The van der Waals surface area contributed by atoms with Crippen LogP contribution in [0.4, 0.5) is 5.69 Å². The number of fused-ring (bicyclic) bond motifs is 1. The van der Waals surface area contributed by atoms with Crippen LogP contribution in [-0.2, 0) is 24.1 Å². The molecular formula is C19H16N2OS. The highest BCUT2D eigenvalue weighted by Gasteiger charge is 2.17. The zero-order valence-corrected chi connectivity index (χ0v) is 13.4. The van der Waals surface area contributed by atoms with Crippen LogP contribution in [0, 0.1) is 0 Å². The van der Waals surface area contributed by atoms with Gasteiger partial charge < -0.3 is 5.32 Å². The molecule has 0 atom stereocenters. The first-order valence-corrected chi connectivity index (χ1v) is 8.55. The van der Waals surface area contributed by atoms with E-state index >= 15 is 0 Å². The van der Waals surface area contributed by atoms with Gasteiger partial charge in [-0.2, -0.15) is 0 Å². The Labute approximate surface area is 139 Å². The summed E-state index contributed by atoms with van der Waals surface area (Å²) in [5.41, 5.74) is 5.42. The molecule has 3 nitrogen and oxygen atoms in total. The number of benzene rings is 1. The van der Waals surface area contributed by atoms with E-state index in [-0.39, 0.29) is 5.91 Å². The Bertz CT molecular complexity index is 856. The van der Waals surface area contributed by atoms with Crippen LogP contribution in [0.25, 0.3) is 11.1 Å². The fourth-order valence-electron chi connectivity index (χ4n) is 2.90. The van der Waals surface area contributed by atoms with E-state index in [0.29, 0.717) is 6.42 Å². The second kappa shape index (κ2) is 5.97. The van der Waals surface area contributed by atoms with Crippen LogP contribution in [0.3, 0.4) is 0 Å². The van der Waals surface area contributed by atoms with E-state index in [0.717, 1.165) is 35.2 Å². The number of nitrogens with zero attached hydrogens (tertiary/aromatic N) is 1. The van der Waals surface area contributed by atoms with E-state index in [9.17, 15) is 4.79 Å². The molecule has 0 aliphatic carbocycles. The predicted octanol–water partition coefficient (Wildman–Crippen LogP) is 4.09. The van der Waals surface area contributed by atoms with E-state index < -0.39 is 0 Å². The van der Waals surface area contributed by atoms with Crippen molar-refractivity contribution in [1.29, 1.82) is 0 Å². The van der Waals surface area contributed by atoms with Gasteiger partial charge >= 0.3 is 0 Å². The number of hydrogen-bond donors (Lipinski definition) is 1. The third-order valence-electron chi connectivity index (χ3n) is 4.10. The summed E-state index contributed by atoms with van der Waals surface area (Å²) in [5.74, 6) is 0.0694. The normalized spacial score (nSPS) is 13.0. The Balaban J connectivity index is 1.56. The summed E-state index contributed by atoms with van der Waals surface area (Å²) >= 11 is 1.80. The zero-order valence-electron chi connectivity index (χ0n) is 12.6. The summed E-state index contributed by atoms with van der Waals surface area (Å²) in [6, 6.07) is 12.6. The largest absolute Gasteiger partial charge is 0.326 e. The van der Waals surface area contributed by atoms with Gasteiger partial charge in [-0.25, -0.2) is 0 Å². The van der Waals surface area contributed by atoms with E-state index in [1.807, 2.05) is 24.5 Å². The van der Waals surface area contributed by atoms with Crippen molar-refractivity contribution in [2.75, 3.05) is 5.32 Å². The van der Waals surface area contributed by atoms with E-state index in [1.54, 1.807) is 11.3 Å². The maximum Gasteiger partial charge on any atom is 0.228 e. The fraction of sp³-hybridized carbons (Fsp3) is 0.158. The lowest BCUT2D eigenvalue weighted by molar-refractivity contribution is -0.115. The van der Waals surface area contributed by atoms with Crippen LogP contribution < -0.4 is 5.32 Å². The van der Waals surface area contributed by atoms with Crippen molar-refractivity contribution < 1.29 is 4.79 Å².